The van der Waals surface area contributed by atoms with E-state index in [1.807, 2.05) is 13.0 Å². The number of amides is 1. The average molecular weight is 274 g/mol. The summed E-state index contributed by atoms with van der Waals surface area (Å²) in [5.74, 6) is 1.09. The summed E-state index contributed by atoms with van der Waals surface area (Å²) in [5, 5.41) is 9.66. The Bertz CT molecular complexity index is 580. The maximum Gasteiger partial charge on any atom is 0.270 e. The van der Waals surface area contributed by atoms with Gasteiger partial charge in [-0.2, -0.15) is 0 Å². The van der Waals surface area contributed by atoms with Crippen LogP contribution in [0.5, 0.6) is 0 Å². The number of nitrogens with zero attached hydrogens (tertiary/aromatic N) is 2. The highest BCUT2D eigenvalue weighted by Crippen LogP contribution is 2.06. The molecule has 0 atom stereocenters. The monoisotopic (exact) mass is 274 g/mol. The second-order valence-electron chi connectivity index (χ2n) is 4.45. The van der Waals surface area contributed by atoms with Gasteiger partial charge in [-0.3, -0.25) is 4.79 Å². The molecule has 0 aliphatic rings. The molecule has 2 aromatic rings. The molecule has 2 aromatic heterocycles. The van der Waals surface area contributed by atoms with Gasteiger partial charge < -0.3 is 15.2 Å². The molecule has 20 heavy (non-hydrogen) atoms. The van der Waals surface area contributed by atoms with Gasteiger partial charge in [0.15, 0.2) is 5.76 Å². The fraction of sp³-hybridized carbons (Fsp3) is 0.357. The summed E-state index contributed by atoms with van der Waals surface area (Å²) in [7, 11) is 0. The summed E-state index contributed by atoms with van der Waals surface area (Å²) in [6, 6.07) is 7.11. The van der Waals surface area contributed by atoms with Crippen LogP contribution in [0.15, 0.2) is 28.8 Å². The average Bonchev–Trinajstić information content (AvgIpc) is 2.88. The van der Waals surface area contributed by atoms with Crippen LogP contribution in [0.2, 0.25) is 0 Å². The smallest absolute Gasteiger partial charge is 0.270 e. The Morgan fingerprint density at radius 2 is 2.25 bits per heavy atom. The van der Waals surface area contributed by atoms with Crippen LogP contribution in [0.1, 0.15) is 35.3 Å². The number of aromatic nitrogens is 2. The van der Waals surface area contributed by atoms with Gasteiger partial charge in [0.2, 0.25) is 0 Å². The van der Waals surface area contributed by atoms with Gasteiger partial charge in [0.25, 0.3) is 5.91 Å². The SMILES string of the molecule is CCCNc1cccc(C(=O)NCc2cc(C)no2)n1. The van der Waals surface area contributed by atoms with Crippen LogP contribution in [0.25, 0.3) is 0 Å². The first-order valence-corrected chi connectivity index (χ1v) is 6.60. The minimum atomic E-state index is -0.237. The Morgan fingerprint density at radius 1 is 1.40 bits per heavy atom. The summed E-state index contributed by atoms with van der Waals surface area (Å²) in [4.78, 5) is 16.2. The predicted octanol–water partition coefficient (Wildman–Crippen LogP) is 2.13. The molecular weight excluding hydrogens is 256 g/mol. The molecule has 2 rings (SSSR count). The molecule has 0 aliphatic carbocycles. The van der Waals surface area contributed by atoms with Gasteiger partial charge in [-0.15, -0.1) is 0 Å². The first kappa shape index (κ1) is 14.0. The van der Waals surface area contributed by atoms with E-state index in [9.17, 15) is 4.79 Å². The van der Waals surface area contributed by atoms with E-state index in [1.165, 1.54) is 0 Å². The summed E-state index contributed by atoms with van der Waals surface area (Å²) in [6.45, 7) is 5.03. The number of rotatable bonds is 6. The number of carbonyl (C=O) groups is 1. The summed E-state index contributed by atoms with van der Waals surface area (Å²) >= 11 is 0. The number of carbonyl (C=O) groups excluding carboxylic acids is 1. The van der Waals surface area contributed by atoms with Crippen LogP contribution in [0, 0.1) is 6.92 Å². The molecule has 2 heterocycles. The highest BCUT2D eigenvalue weighted by molar-refractivity contribution is 5.92. The number of nitrogens with one attached hydrogen (secondary N) is 2. The van der Waals surface area contributed by atoms with Crippen molar-refractivity contribution in [3.63, 3.8) is 0 Å². The number of hydrogen-bond donors (Lipinski definition) is 2. The van der Waals surface area contributed by atoms with E-state index in [2.05, 4.69) is 27.7 Å². The van der Waals surface area contributed by atoms with Gasteiger partial charge in [-0.1, -0.05) is 18.1 Å². The van der Waals surface area contributed by atoms with Crippen molar-refractivity contribution in [3.8, 4) is 0 Å². The molecule has 2 N–H and O–H groups in total. The molecule has 0 bridgehead atoms. The molecule has 0 aliphatic heterocycles. The zero-order chi connectivity index (χ0) is 14.4. The number of aryl methyl sites for hydroxylation is 1. The van der Waals surface area contributed by atoms with Crippen molar-refractivity contribution in [3.05, 3.63) is 41.4 Å². The highest BCUT2D eigenvalue weighted by Gasteiger charge is 2.09. The van der Waals surface area contributed by atoms with Crippen LogP contribution in [-0.2, 0) is 6.54 Å². The van der Waals surface area contributed by atoms with Crippen LogP contribution in [0.3, 0.4) is 0 Å². The molecule has 6 heteroatoms. The lowest BCUT2D eigenvalue weighted by molar-refractivity contribution is 0.0942. The van der Waals surface area contributed by atoms with E-state index in [4.69, 9.17) is 4.52 Å². The van der Waals surface area contributed by atoms with Crippen molar-refractivity contribution in [2.75, 3.05) is 11.9 Å². The quantitative estimate of drug-likeness (QED) is 0.843. The number of hydrogen-bond acceptors (Lipinski definition) is 5. The van der Waals surface area contributed by atoms with Crippen molar-refractivity contribution in [2.45, 2.75) is 26.8 Å². The van der Waals surface area contributed by atoms with Crippen LogP contribution < -0.4 is 10.6 Å². The maximum absolute atomic E-state index is 12.0. The van der Waals surface area contributed by atoms with Crippen LogP contribution >= 0.6 is 0 Å². The van der Waals surface area contributed by atoms with Gasteiger partial charge in [0.1, 0.15) is 11.5 Å². The molecule has 6 nitrogen and oxygen atoms in total. The Labute approximate surface area is 117 Å². The largest absolute Gasteiger partial charge is 0.370 e. The topological polar surface area (TPSA) is 80.0 Å². The van der Waals surface area contributed by atoms with Crippen LogP contribution in [0.4, 0.5) is 5.82 Å². The van der Waals surface area contributed by atoms with E-state index >= 15 is 0 Å². The zero-order valence-corrected chi connectivity index (χ0v) is 11.6. The van der Waals surface area contributed by atoms with Crippen molar-refractivity contribution in [1.29, 1.82) is 0 Å². The van der Waals surface area contributed by atoms with E-state index in [1.54, 1.807) is 18.2 Å². The fourth-order valence-corrected chi connectivity index (χ4v) is 1.67. The van der Waals surface area contributed by atoms with Crippen molar-refractivity contribution in [2.24, 2.45) is 0 Å². The molecule has 0 unspecified atom stereocenters. The Kier molecular flexibility index (Phi) is 4.70. The lowest BCUT2D eigenvalue weighted by atomic mass is 10.3. The summed E-state index contributed by atoms with van der Waals surface area (Å²) in [5.41, 5.74) is 1.17. The van der Waals surface area contributed by atoms with E-state index in [0.717, 1.165) is 18.7 Å². The summed E-state index contributed by atoms with van der Waals surface area (Å²) < 4.78 is 5.03. The molecular formula is C14H18N4O2. The first-order chi connectivity index (χ1) is 9.69. The minimum absolute atomic E-state index is 0.237. The van der Waals surface area contributed by atoms with Crippen molar-refractivity contribution in [1.82, 2.24) is 15.5 Å². The lowest BCUT2D eigenvalue weighted by Gasteiger charge is -2.06. The van der Waals surface area contributed by atoms with E-state index in [-0.39, 0.29) is 5.91 Å². The van der Waals surface area contributed by atoms with Crippen LogP contribution in [-0.4, -0.2) is 22.6 Å². The van der Waals surface area contributed by atoms with Gasteiger partial charge in [-0.25, -0.2) is 4.98 Å². The minimum Gasteiger partial charge on any atom is -0.370 e. The molecule has 0 fully saturated rings. The molecule has 0 radical (unpaired) electrons. The van der Waals surface area contributed by atoms with Gasteiger partial charge >= 0.3 is 0 Å². The van der Waals surface area contributed by atoms with Crippen molar-refractivity contribution < 1.29 is 9.32 Å². The highest BCUT2D eigenvalue weighted by atomic mass is 16.5. The molecule has 106 valence electrons. The standard InChI is InChI=1S/C14H18N4O2/c1-3-7-15-13-6-4-5-12(17-13)14(19)16-9-11-8-10(2)18-20-11/h4-6,8H,3,7,9H2,1-2H3,(H,15,17)(H,16,19). The molecule has 1 amide bonds. The second-order valence-corrected chi connectivity index (χ2v) is 4.45. The van der Waals surface area contributed by atoms with E-state index in [0.29, 0.717) is 23.8 Å². The van der Waals surface area contributed by atoms with Gasteiger partial charge in [0.05, 0.1) is 12.2 Å². The lowest BCUT2D eigenvalue weighted by Crippen LogP contribution is -2.23. The van der Waals surface area contributed by atoms with Gasteiger partial charge in [0, 0.05) is 12.6 Å². The predicted molar refractivity (Wildman–Crippen MR) is 75.4 cm³/mol. The first-order valence-electron chi connectivity index (χ1n) is 6.60. The fourth-order valence-electron chi connectivity index (χ4n) is 1.67. The van der Waals surface area contributed by atoms with Crippen molar-refractivity contribution >= 4 is 11.7 Å². The third-order valence-corrected chi connectivity index (χ3v) is 2.64. The summed E-state index contributed by atoms with van der Waals surface area (Å²) in [6.07, 6.45) is 1.00. The molecule has 0 saturated heterocycles. The third-order valence-electron chi connectivity index (χ3n) is 2.64. The normalized spacial score (nSPS) is 10.3. The Balaban J connectivity index is 1.94. The Hall–Kier alpha value is -2.37. The third kappa shape index (κ3) is 3.81. The number of pyridine rings is 1. The Morgan fingerprint density at radius 3 is 2.95 bits per heavy atom. The van der Waals surface area contributed by atoms with E-state index < -0.39 is 0 Å². The second kappa shape index (κ2) is 6.70. The molecule has 0 saturated carbocycles. The zero-order valence-electron chi connectivity index (χ0n) is 11.6. The molecule has 0 spiro atoms. The maximum atomic E-state index is 12.0. The molecule has 0 aromatic carbocycles. The van der Waals surface area contributed by atoms with Gasteiger partial charge in [-0.05, 0) is 25.5 Å². The number of anilines is 1.